The monoisotopic (exact) mass is 319 g/mol. The van der Waals surface area contributed by atoms with Gasteiger partial charge in [-0.2, -0.15) is 0 Å². The van der Waals surface area contributed by atoms with Crippen LogP contribution in [0.15, 0.2) is 4.99 Å². The fraction of sp³-hybridized carbons (Fsp3) is 0.929. The summed E-state index contributed by atoms with van der Waals surface area (Å²) in [7, 11) is -1.26. The summed E-state index contributed by atoms with van der Waals surface area (Å²) in [5, 5.41) is 6.14. The van der Waals surface area contributed by atoms with Gasteiger partial charge in [-0.3, -0.25) is 4.99 Å². The Balaban J connectivity index is 2.04. The molecule has 1 rings (SSSR count). The minimum Gasteiger partial charge on any atom is -0.378 e. The lowest BCUT2D eigenvalue weighted by Crippen LogP contribution is -2.40. The molecule has 0 amide bonds. The third-order valence-electron chi connectivity index (χ3n) is 3.51. The van der Waals surface area contributed by atoms with Crippen molar-refractivity contribution in [3.05, 3.63) is 0 Å². The van der Waals surface area contributed by atoms with E-state index in [4.69, 9.17) is 4.74 Å². The van der Waals surface area contributed by atoms with Crippen LogP contribution in [-0.4, -0.2) is 59.2 Å². The number of ether oxygens (including phenoxy) is 1. The van der Waals surface area contributed by atoms with Gasteiger partial charge in [-0.1, -0.05) is 19.3 Å². The summed E-state index contributed by atoms with van der Waals surface area (Å²) in [6.07, 6.45) is 8.92. The quantitative estimate of drug-likeness (QED) is 0.395. The zero-order valence-electron chi connectivity index (χ0n) is 13.2. The number of hydrogen-bond donors (Lipinski definition) is 2. The number of rotatable bonds is 8. The highest BCUT2D eigenvalue weighted by Crippen LogP contribution is 2.20. The van der Waals surface area contributed by atoms with E-state index in [0.29, 0.717) is 18.6 Å². The minimum atomic E-state index is -2.93. The Morgan fingerprint density at radius 2 is 1.86 bits per heavy atom. The van der Waals surface area contributed by atoms with Crippen LogP contribution in [0.25, 0.3) is 0 Å². The van der Waals surface area contributed by atoms with E-state index >= 15 is 0 Å². The first-order valence-electron chi connectivity index (χ1n) is 7.75. The van der Waals surface area contributed by atoms with Crippen LogP contribution in [0.5, 0.6) is 0 Å². The van der Waals surface area contributed by atoms with Gasteiger partial charge in [-0.15, -0.1) is 0 Å². The second-order valence-corrected chi connectivity index (χ2v) is 7.80. The molecule has 0 heterocycles. The van der Waals surface area contributed by atoms with Crippen LogP contribution in [0.1, 0.15) is 38.5 Å². The molecule has 1 aliphatic carbocycles. The predicted molar refractivity (Wildman–Crippen MR) is 86.5 cm³/mol. The molecule has 2 N–H and O–H groups in total. The smallest absolute Gasteiger partial charge is 0.191 e. The highest BCUT2D eigenvalue weighted by molar-refractivity contribution is 7.90. The molecule has 0 atom stereocenters. The molecule has 1 fully saturated rings. The molecular weight excluding hydrogens is 290 g/mol. The molecule has 0 aromatic carbocycles. The molecule has 0 spiro atoms. The molecule has 0 saturated heterocycles. The highest BCUT2D eigenvalue weighted by Gasteiger charge is 2.12. The average molecular weight is 319 g/mol. The van der Waals surface area contributed by atoms with Crippen molar-refractivity contribution in [1.29, 1.82) is 0 Å². The molecule has 0 unspecified atom stereocenters. The lowest BCUT2D eigenvalue weighted by atomic mass is 9.98. The number of nitrogens with one attached hydrogen (secondary N) is 2. The Kier molecular flexibility index (Phi) is 8.68. The van der Waals surface area contributed by atoms with E-state index in [2.05, 4.69) is 15.6 Å². The van der Waals surface area contributed by atoms with E-state index in [1.807, 2.05) is 0 Å². The topological polar surface area (TPSA) is 79.8 Å². The summed E-state index contributed by atoms with van der Waals surface area (Å²) in [6, 6.07) is 0. The van der Waals surface area contributed by atoms with Gasteiger partial charge in [0.25, 0.3) is 0 Å². The Morgan fingerprint density at radius 1 is 1.19 bits per heavy atom. The Morgan fingerprint density at radius 3 is 2.48 bits per heavy atom. The number of nitrogens with zero attached hydrogens (tertiary/aromatic N) is 1. The summed E-state index contributed by atoms with van der Waals surface area (Å²) in [4.78, 5) is 4.05. The predicted octanol–water partition coefficient (Wildman–Crippen LogP) is 0.935. The second kappa shape index (κ2) is 10.00. The molecule has 6 nitrogen and oxygen atoms in total. The largest absolute Gasteiger partial charge is 0.378 e. The van der Waals surface area contributed by atoms with Crippen LogP contribution in [-0.2, 0) is 14.6 Å². The summed E-state index contributed by atoms with van der Waals surface area (Å²) in [6.45, 7) is 1.90. The van der Waals surface area contributed by atoms with Crippen LogP contribution in [0.4, 0.5) is 0 Å². The van der Waals surface area contributed by atoms with Crippen molar-refractivity contribution in [3.63, 3.8) is 0 Å². The van der Waals surface area contributed by atoms with Crippen molar-refractivity contribution in [2.24, 2.45) is 4.99 Å². The zero-order chi connectivity index (χ0) is 15.6. The standard InChI is InChI=1S/C14H29N3O3S/c1-15-14(17-10-12-21(2,18)19)16-9-6-11-20-13-7-4-3-5-8-13/h13H,3-12H2,1-2H3,(H2,15,16,17). The number of aliphatic imine (C=N–C) groups is 1. The lowest BCUT2D eigenvalue weighted by Gasteiger charge is -2.22. The van der Waals surface area contributed by atoms with Crippen molar-refractivity contribution in [2.45, 2.75) is 44.6 Å². The van der Waals surface area contributed by atoms with E-state index in [-0.39, 0.29) is 5.75 Å². The Hall–Kier alpha value is -0.820. The van der Waals surface area contributed by atoms with E-state index in [1.54, 1.807) is 7.05 Å². The Labute approximate surface area is 128 Å². The normalized spacial score (nSPS) is 17.7. The molecule has 1 saturated carbocycles. The zero-order valence-corrected chi connectivity index (χ0v) is 14.0. The van der Waals surface area contributed by atoms with E-state index in [1.165, 1.54) is 38.4 Å². The molecule has 1 aliphatic rings. The second-order valence-electron chi connectivity index (χ2n) is 5.54. The minimum absolute atomic E-state index is 0.110. The van der Waals surface area contributed by atoms with Crippen LogP contribution in [0.2, 0.25) is 0 Å². The summed E-state index contributed by atoms with van der Waals surface area (Å²) in [5.41, 5.74) is 0. The third kappa shape index (κ3) is 9.68. The molecule has 0 aromatic heterocycles. The Bertz CT molecular complexity index is 404. The van der Waals surface area contributed by atoms with Crippen LogP contribution in [0.3, 0.4) is 0 Å². The van der Waals surface area contributed by atoms with Crippen molar-refractivity contribution < 1.29 is 13.2 Å². The van der Waals surface area contributed by atoms with E-state index in [0.717, 1.165) is 19.6 Å². The van der Waals surface area contributed by atoms with Gasteiger partial charge in [0.05, 0.1) is 11.9 Å². The maximum absolute atomic E-state index is 11.0. The SMILES string of the molecule is CN=C(NCCCOC1CCCCC1)NCCS(C)(=O)=O. The number of sulfone groups is 1. The maximum atomic E-state index is 11.0. The summed E-state index contributed by atoms with van der Waals surface area (Å²) in [5.74, 6) is 0.745. The van der Waals surface area contributed by atoms with Gasteiger partial charge in [0, 0.05) is 33.0 Å². The highest BCUT2D eigenvalue weighted by atomic mass is 32.2. The number of guanidine groups is 1. The summed E-state index contributed by atoms with van der Waals surface area (Å²) < 4.78 is 27.9. The van der Waals surface area contributed by atoms with Crippen molar-refractivity contribution in [3.8, 4) is 0 Å². The lowest BCUT2D eigenvalue weighted by molar-refractivity contribution is 0.0277. The molecule has 0 radical (unpaired) electrons. The molecule has 124 valence electrons. The fourth-order valence-electron chi connectivity index (χ4n) is 2.34. The van der Waals surface area contributed by atoms with Crippen molar-refractivity contribution >= 4 is 15.8 Å². The first-order valence-corrected chi connectivity index (χ1v) is 9.81. The average Bonchev–Trinajstić information content (AvgIpc) is 2.45. The van der Waals surface area contributed by atoms with Gasteiger partial charge >= 0.3 is 0 Å². The van der Waals surface area contributed by atoms with Gasteiger partial charge in [-0.25, -0.2) is 8.42 Å². The first kappa shape index (κ1) is 18.2. The third-order valence-corrected chi connectivity index (χ3v) is 4.45. The van der Waals surface area contributed by atoms with Gasteiger partial charge in [-0.05, 0) is 19.3 Å². The van der Waals surface area contributed by atoms with Crippen molar-refractivity contribution in [1.82, 2.24) is 10.6 Å². The summed E-state index contributed by atoms with van der Waals surface area (Å²) >= 11 is 0. The molecule has 0 aromatic rings. The van der Waals surface area contributed by atoms with Crippen molar-refractivity contribution in [2.75, 3.05) is 38.8 Å². The molecule has 7 heteroatoms. The van der Waals surface area contributed by atoms with Crippen LogP contribution in [0, 0.1) is 0 Å². The van der Waals surface area contributed by atoms with Gasteiger partial charge in [0.15, 0.2) is 5.96 Å². The molecular formula is C14H29N3O3S. The van der Waals surface area contributed by atoms with Gasteiger partial charge < -0.3 is 15.4 Å². The molecule has 0 aliphatic heterocycles. The van der Waals surface area contributed by atoms with E-state index < -0.39 is 9.84 Å². The van der Waals surface area contributed by atoms with Gasteiger partial charge in [0.2, 0.25) is 0 Å². The molecule has 0 bridgehead atoms. The first-order chi connectivity index (χ1) is 10.0. The van der Waals surface area contributed by atoms with Crippen LogP contribution >= 0.6 is 0 Å². The van der Waals surface area contributed by atoms with E-state index in [9.17, 15) is 8.42 Å². The fourth-order valence-corrected chi connectivity index (χ4v) is 2.81. The maximum Gasteiger partial charge on any atom is 0.191 e. The molecule has 21 heavy (non-hydrogen) atoms. The van der Waals surface area contributed by atoms with Crippen LogP contribution < -0.4 is 10.6 Å². The van der Waals surface area contributed by atoms with Gasteiger partial charge in [0.1, 0.15) is 9.84 Å². The number of hydrogen-bond acceptors (Lipinski definition) is 4.